The van der Waals surface area contributed by atoms with Gasteiger partial charge in [-0.25, -0.2) is 4.79 Å². The Morgan fingerprint density at radius 3 is 2.47 bits per heavy atom. The van der Waals surface area contributed by atoms with E-state index in [9.17, 15) is 9.59 Å². The van der Waals surface area contributed by atoms with Crippen molar-refractivity contribution in [2.24, 2.45) is 0 Å². The number of hydrogen-bond acceptors (Lipinski definition) is 2. The molecule has 1 amide bonds. The Bertz CT molecular complexity index is 340. The number of hydrogen-bond donors (Lipinski definition) is 1. The predicted octanol–water partition coefficient (Wildman–Crippen LogP) is 1.52. The largest absolute Gasteiger partial charge is 0.478 e. The van der Waals surface area contributed by atoms with Crippen molar-refractivity contribution in [2.45, 2.75) is 45.1 Å². The van der Waals surface area contributed by atoms with Crippen LogP contribution in [0.3, 0.4) is 0 Å². The van der Waals surface area contributed by atoms with E-state index in [1.54, 1.807) is 11.8 Å². The molecule has 0 unspecified atom stereocenters. The summed E-state index contributed by atoms with van der Waals surface area (Å²) in [5.41, 5.74) is 0.923. The van der Waals surface area contributed by atoms with Crippen LogP contribution in [0.5, 0.6) is 0 Å². The SMILES string of the molecule is CC1=C(C(=O)O)CC(=O)N1C1CCCC1. The molecule has 1 heterocycles. The summed E-state index contributed by atoms with van der Waals surface area (Å²) >= 11 is 0. The van der Waals surface area contributed by atoms with E-state index in [-0.39, 0.29) is 23.9 Å². The lowest BCUT2D eigenvalue weighted by Crippen LogP contribution is -2.33. The lowest BCUT2D eigenvalue weighted by atomic mass is 10.2. The molecule has 82 valence electrons. The molecule has 0 aromatic rings. The number of carboxylic acids is 1. The van der Waals surface area contributed by atoms with Gasteiger partial charge in [0.1, 0.15) is 0 Å². The number of nitrogens with zero attached hydrogens (tertiary/aromatic N) is 1. The molecule has 1 fully saturated rings. The lowest BCUT2D eigenvalue weighted by Gasteiger charge is -2.25. The zero-order valence-corrected chi connectivity index (χ0v) is 8.82. The van der Waals surface area contributed by atoms with E-state index in [1.165, 1.54) is 0 Å². The van der Waals surface area contributed by atoms with Crippen molar-refractivity contribution < 1.29 is 14.7 Å². The van der Waals surface area contributed by atoms with E-state index in [2.05, 4.69) is 0 Å². The van der Waals surface area contributed by atoms with Crippen LogP contribution in [0.1, 0.15) is 39.0 Å². The lowest BCUT2D eigenvalue weighted by molar-refractivity contribution is -0.134. The molecule has 0 aromatic carbocycles. The summed E-state index contributed by atoms with van der Waals surface area (Å²) in [7, 11) is 0. The maximum atomic E-state index is 11.7. The summed E-state index contributed by atoms with van der Waals surface area (Å²) in [5, 5.41) is 8.93. The van der Waals surface area contributed by atoms with Gasteiger partial charge in [0.2, 0.25) is 5.91 Å². The molecule has 1 aliphatic heterocycles. The van der Waals surface area contributed by atoms with Crippen LogP contribution in [-0.2, 0) is 9.59 Å². The van der Waals surface area contributed by atoms with Crippen molar-refractivity contribution in [1.29, 1.82) is 0 Å². The summed E-state index contributed by atoms with van der Waals surface area (Å²) < 4.78 is 0. The van der Waals surface area contributed by atoms with Crippen LogP contribution in [0.15, 0.2) is 11.3 Å². The molecule has 4 nitrogen and oxygen atoms in total. The first-order chi connectivity index (χ1) is 7.11. The van der Waals surface area contributed by atoms with Crippen molar-refractivity contribution in [3.63, 3.8) is 0 Å². The Kier molecular flexibility index (Phi) is 2.50. The Hall–Kier alpha value is -1.32. The third-order valence-corrected chi connectivity index (χ3v) is 3.34. The summed E-state index contributed by atoms with van der Waals surface area (Å²) in [5.74, 6) is -1.00. The van der Waals surface area contributed by atoms with E-state index < -0.39 is 5.97 Å². The summed E-state index contributed by atoms with van der Waals surface area (Å²) in [6, 6.07) is 0.245. The average Bonchev–Trinajstić information content (AvgIpc) is 2.73. The van der Waals surface area contributed by atoms with Crippen LogP contribution in [-0.4, -0.2) is 27.9 Å². The first-order valence-corrected chi connectivity index (χ1v) is 5.36. The zero-order valence-electron chi connectivity index (χ0n) is 8.82. The normalized spacial score (nSPS) is 23.0. The Labute approximate surface area is 88.6 Å². The van der Waals surface area contributed by atoms with Gasteiger partial charge in [0.15, 0.2) is 0 Å². The number of carbonyl (C=O) groups is 2. The van der Waals surface area contributed by atoms with Crippen LogP contribution in [0, 0.1) is 0 Å². The second kappa shape index (κ2) is 3.68. The fourth-order valence-electron chi connectivity index (χ4n) is 2.57. The van der Waals surface area contributed by atoms with Gasteiger partial charge in [-0.05, 0) is 19.8 Å². The van der Waals surface area contributed by atoms with Crippen molar-refractivity contribution in [3.8, 4) is 0 Å². The molecule has 1 saturated carbocycles. The van der Waals surface area contributed by atoms with Crippen LogP contribution in [0.4, 0.5) is 0 Å². The standard InChI is InChI=1S/C11H15NO3/c1-7-9(11(14)15)6-10(13)12(7)8-4-2-3-5-8/h8H,2-6H2,1H3,(H,14,15). The van der Waals surface area contributed by atoms with E-state index in [4.69, 9.17) is 5.11 Å². The van der Waals surface area contributed by atoms with Gasteiger partial charge in [-0.15, -0.1) is 0 Å². The maximum absolute atomic E-state index is 11.7. The summed E-state index contributed by atoms with van der Waals surface area (Å²) in [4.78, 5) is 24.3. The third kappa shape index (κ3) is 1.64. The predicted molar refractivity (Wildman–Crippen MR) is 54.1 cm³/mol. The quantitative estimate of drug-likeness (QED) is 0.750. The number of allylic oxidation sites excluding steroid dienone is 1. The summed E-state index contributed by atoms with van der Waals surface area (Å²) in [6.45, 7) is 1.74. The summed E-state index contributed by atoms with van der Waals surface area (Å²) in [6.07, 6.45) is 4.37. The minimum atomic E-state index is -0.957. The Morgan fingerprint density at radius 2 is 2.00 bits per heavy atom. The first-order valence-electron chi connectivity index (χ1n) is 5.36. The van der Waals surface area contributed by atoms with Gasteiger partial charge in [-0.2, -0.15) is 0 Å². The molecular formula is C11H15NO3. The Balaban J connectivity index is 2.24. The molecule has 2 rings (SSSR count). The molecule has 0 spiro atoms. The van der Waals surface area contributed by atoms with Crippen LogP contribution < -0.4 is 0 Å². The van der Waals surface area contributed by atoms with Crippen molar-refractivity contribution in [2.75, 3.05) is 0 Å². The molecule has 0 bridgehead atoms. The Morgan fingerprint density at radius 1 is 1.40 bits per heavy atom. The highest BCUT2D eigenvalue weighted by molar-refractivity contribution is 5.99. The second-order valence-corrected chi connectivity index (χ2v) is 4.25. The molecule has 0 saturated heterocycles. The average molecular weight is 209 g/mol. The van der Waals surface area contributed by atoms with Gasteiger partial charge < -0.3 is 10.0 Å². The van der Waals surface area contributed by atoms with E-state index in [1.807, 2.05) is 0 Å². The van der Waals surface area contributed by atoms with Crippen molar-refractivity contribution in [1.82, 2.24) is 4.90 Å². The third-order valence-electron chi connectivity index (χ3n) is 3.34. The van der Waals surface area contributed by atoms with E-state index in [0.29, 0.717) is 5.70 Å². The van der Waals surface area contributed by atoms with Crippen LogP contribution in [0.25, 0.3) is 0 Å². The van der Waals surface area contributed by atoms with Gasteiger partial charge >= 0.3 is 5.97 Å². The van der Waals surface area contributed by atoms with Gasteiger partial charge in [0, 0.05) is 11.7 Å². The van der Waals surface area contributed by atoms with Gasteiger partial charge in [-0.3, -0.25) is 4.79 Å². The molecule has 1 N–H and O–H groups in total. The van der Waals surface area contributed by atoms with Crippen molar-refractivity contribution >= 4 is 11.9 Å². The fraction of sp³-hybridized carbons (Fsp3) is 0.636. The van der Waals surface area contributed by atoms with Gasteiger partial charge in [0.05, 0.1) is 12.0 Å². The molecule has 15 heavy (non-hydrogen) atoms. The molecule has 2 aliphatic rings. The molecule has 4 heteroatoms. The molecule has 0 radical (unpaired) electrons. The smallest absolute Gasteiger partial charge is 0.333 e. The maximum Gasteiger partial charge on any atom is 0.333 e. The zero-order chi connectivity index (χ0) is 11.0. The minimum absolute atomic E-state index is 0.0446. The number of carbonyl (C=O) groups excluding carboxylic acids is 1. The van der Waals surface area contributed by atoms with Crippen LogP contribution >= 0.6 is 0 Å². The van der Waals surface area contributed by atoms with E-state index in [0.717, 1.165) is 25.7 Å². The number of amides is 1. The van der Waals surface area contributed by atoms with Crippen LogP contribution in [0.2, 0.25) is 0 Å². The highest BCUT2D eigenvalue weighted by atomic mass is 16.4. The minimum Gasteiger partial charge on any atom is -0.478 e. The molecule has 1 aliphatic carbocycles. The molecule has 0 atom stereocenters. The van der Waals surface area contributed by atoms with Crippen molar-refractivity contribution in [3.05, 3.63) is 11.3 Å². The number of aliphatic carboxylic acids is 1. The highest BCUT2D eigenvalue weighted by Gasteiger charge is 2.36. The molecule has 0 aromatic heterocycles. The number of rotatable bonds is 2. The second-order valence-electron chi connectivity index (χ2n) is 4.25. The van der Waals surface area contributed by atoms with E-state index >= 15 is 0 Å². The topological polar surface area (TPSA) is 57.6 Å². The fourth-order valence-corrected chi connectivity index (χ4v) is 2.57. The highest BCUT2D eigenvalue weighted by Crippen LogP contribution is 2.33. The molecular weight excluding hydrogens is 194 g/mol. The monoisotopic (exact) mass is 209 g/mol. The first kappa shape index (κ1) is 10.2. The number of carboxylic acid groups (broad SMARTS) is 1. The van der Waals surface area contributed by atoms with Gasteiger partial charge in [-0.1, -0.05) is 12.8 Å². The van der Waals surface area contributed by atoms with Gasteiger partial charge in [0.25, 0.3) is 0 Å².